The van der Waals surface area contributed by atoms with E-state index in [0.29, 0.717) is 40.0 Å². The van der Waals surface area contributed by atoms with Crippen molar-refractivity contribution in [2.75, 3.05) is 17.3 Å². The maximum absolute atomic E-state index is 13.1. The molecule has 0 aromatic rings. The number of unbranched alkanes of at least 4 members (excludes halogenated alkanes) is 1. The van der Waals surface area contributed by atoms with E-state index in [1.807, 2.05) is 6.92 Å². The van der Waals surface area contributed by atoms with Crippen LogP contribution in [0.5, 0.6) is 0 Å². The molecule has 130 valence electrons. The fraction of sp³-hybridized carbons (Fsp3) is 0.800. The molecule has 0 aliphatic carbocycles. The van der Waals surface area contributed by atoms with E-state index in [1.165, 1.54) is 34.1 Å². The van der Waals surface area contributed by atoms with E-state index < -0.39 is 24.8 Å². The van der Waals surface area contributed by atoms with Crippen LogP contribution in [0.4, 0.5) is 26.3 Å². The summed E-state index contributed by atoms with van der Waals surface area (Å²) in [6.45, 7) is 1.95. The van der Waals surface area contributed by atoms with Gasteiger partial charge in [-0.25, -0.2) is 0 Å². The van der Waals surface area contributed by atoms with Crippen molar-refractivity contribution in [2.24, 2.45) is 0 Å². The van der Waals surface area contributed by atoms with Gasteiger partial charge in [0.2, 0.25) is 0 Å². The molecule has 0 atom stereocenters. The first-order valence-electron chi connectivity index (χ1n) is 6.28. The first kappa shape index (κ1) is 19.8. The van der Waals surface area contributed by atoms with Crippen molar-refractivity contribution in [3.8, 4) is 0 Å². The van der Waals surface area contributed by atoms with Crippen molar-refractivity contribution in [1.29, 1.82) is 0 Å². The first-order chi connectivity index (χ1) is 10.0. The van der Waals surface area contributed by atoms with Crippen LogP contribution in [0.3, 0.4) is 0 Å². The molecule has 0 aromatic carbocycles. The van der Waals surface area contributed by atoms with Crippen molar-refractivity contribution in [3.63, 3.8) is 0 Å². The Morgan fingerprint density at radius 2 is 1.41 bits per heavy atom. The summed E-state index contributed by atoms with van der Waals surface area (Å²) in [6, 6.07) is 0. The van der Waals surface area contributed by atoms with Crippen molar-refractivity contribution in [1.82, 2.24) is 0 Å². The van der Waals surface area contributed by atoms with Crippen LogP contribution in [0.1, 0.15) is 19.8 Å². The molecular weight excluding hydrogens is 425 g/mol. The molecule has 0 bridgehead atoms. The minimum absolute atomic E-state index is 0.477. The molecule has 0 amide bonds. The molecule has 0 unspecified atom stereocenters. The zero-order chi connectivity index (χ0) is 16.7. The van der Waals surface area contributed by atoms with E-state index in [0.717, 1.165) is 12.8 Å². The second-order valence-electron chi connectivity index (χ2n) is 4.43. The van der Waals surface area contributed by atoms with Crippen LogP contribution in [0.15, 0.2) is 9.81 Å². The second-order valence-corrected chi connectivity index (χ2v) is 30.4. The molecule has 0 radical (unpaired) electrons. The molecule has 2 aliphatic rings. The van der Waals surface area contributed by atoms with Crippen LogP contribution in [0, 0.1) is 0 Å². The van der Waals surface area contributed by atoms with Gasteiger partial charge in [-0.2, -0.15) is 0 Å². The third-order valence-electron chi connectivity index (χ3n) is 2.69. The van der Waals surface area contributed by atoms with Gasteiger partial charge in [-0.1, -0.05) is 0 Å². The van der Waals surface area contributed by atoms with Crippen molar-refractivity contribution in [3.05, 3.63) is 9.81 Å². The van der Waals surface area contributed by atoms with E-state index in [9.17, 15) is 26.3 Å². The molecular formula is C10H13F6PS5. The zero-order valence-corrected chi connectivity index (χ0v) is 16.3. The van der Waals surface area contributed by atoms with Gasteiger partial charge in [0, 0.05) is 0 Å². The molecule has 1 saturated heterocycles. The fourth-order valence-electron chi connectivity index (χ4n) is 1.76. The van der Waals surface area contributed by atoms with Crippen LogP contribution in [-0.4, -0.2) is 29.6 Å². The number of hydrogen-bond donors (Lipinski definition) is 0. The van der Waals surface area contributed by atoms with Gasteiger partial charge in [-0.15, -0.1) is 0 Å². The molecule has 2 aliphatic heterocycles. The third kappa shape index (κ3) is 4.00. The summed E-state index contributed by atoms with van der Waals surface area (Å²) in [7, 11) is 0. The predicted molar refractivity (Wildman–Crippen MR) is 93.5 cm³/mol. The number of allylic oxidation sites excluding steroid dienone is 2. The van der Waals surface area contributed by atoms with Gasteiger partial charge in [-0.05, 0) is 0 Å². The van der Waals surface area contributed by atoms with Crippen LogP contribution in [0.25, 0.3) is 0 Å². The summed E-state index contributed by atoms with van der Waals surface area (Å²) in [5.74, 6) is 1.82. The van der Waals surface area contributed by atoms with E-state index in [2.05, 4.69) is 0 Å². The summed E-state index contributed by atoms with van der Waals surface area (Å²) in [5, 5.41) is 0. The number of hydrogen-bond acceptors (Lipinski definition) is 5. The summed E-state index contributed by atoms with van der Waals surface area (Å²) in [5.41, 5.74) is 0. The number of halogens is 6. The molecule has 0 aromatic heterocycles. The SMILES string of the molecule is CCCCSP12(SCCS1)SC(C(F)(F)F)=C(C(F)(F)F)S2. The van der Waals surface area contributed by atoms with E-state index in [4.69, 9.17) is 0 Å². The minimum atomic E-state index is -4.95. The van der Waals surface area contributed by atoms with Crippen LogP contribution < -0.4 is 0 Å². The average molecular weight is 439 g/mol. The Kier molecular flexibility index (Phi) is 6.01. The molecule has 1 fully saturated rings. The van der Waals surface area contributed by atoms with Gasteiger partial charge < -0.3 is 0 Å². The quantitative estimate of drug-likeness (QED) is 0.247. The van der Waals surface area contributed by atoms with Crippen LogP contribution >= 0.6 is 59.5 Å². The Labute approximate surface area is 144 Å². The van der Waals surface area contributed by atoms with Crippen molar-refractivity contribution in [2.45, 2.75) is 32.1 Å². The van der Waals surface area contributed by atoms with Gasteiger partial charge in [0.15, 0.2) is 0 Å². The molecule has 0 saturated carbocycles. The Morgan fingerprint density at radius 1 is 0.955 bits per heavy atom. The van der Waals surface area contributed by atoms with E-state index >= 15 is 0 Å². The molecule has 1 spiro atoms. The topological polar surface area (TPSA) is 0 Å². The van der Waals surface area contributed by atoms with Gasteiger partial charge in [0.1, 0.15) is 0 Å². The Hall–Kier alpha value is 1.50. The Morgan fingerprint density at radius 3 is 1.77 bits per heavy atom. The van der Waals surface area contributed by atoms with Crippen LogP contribution in [-0.2, 0) is 0 Å². The summed E-state index contributed by atoms with van der Waals surface area (Å²) in [6.07, 6.45) is -8.22. The number of alkyl halides is 6. The first-order valence-corrected chi connectivity index (χ1v) is 16.1. The van der Waals surface area contributed by atoms with E-state index in [1.54, 1.807) is 0 Å². The normalized spacial score (nSPS) is 26.4. The molecule has 0 N–H and O–H groups in total. The summed E-state index contributed by atoms with van der Waals surface area (Å²) >= 11 is 4.96. The molecule has 12 heteroatoms. The zero-order valence-electron chi connectivity index (χ0n) is 11.3. The summed E-state index contributed by atoms with van der Waals surface area (Å²) < 4.78 is 75.5. The summed E-state index contributed by atoms with van der Waals surface area (Å²) in [4.78, 5) is -2.87. The van der Waals surface area contributed by atoms with Gasteiger partial charge in [0.25, 0.3) is 0 Å². The third-order valence-corrected chi connectivity index (χ3v) is 32.5. The van der Waals surface area contributed by atoms with Crippen LogP contribution in [0.2, 0.25) is 0 Å². The van der Waals surface area contributed by atoms with Gasteiger partial charge >= 0.3 is 145 Å². The molecule has 2 rings (SSSR count). The molecule has 2 heterocycles. The number of rotatable bonds is 4. The average Bonchev–Trinajstić information content (AvgIpc) is 2.94. The van der Waals surface area contributed by atoms with Gasteiger partial charge in [0.05, 0.1) is 0 Å². The van der Waals surface area contributed by atoms with Crippen molar-refractivity contribution >= 4 is 59.5 Å². The van der Waals surface area contributed by atoms with Crippen molar-refractivity contribution < 1.29 is 26.3 Å². The standard InChI is InChI=1S/C10H13F6PS5/c1-2-3-4-18-17(19-5-6-20-17)21-7(9(11,12)13)8(22-17)10(14,15)16/h2-6H2,1H3. The predicted octanol–water partition coefficient (Wildman–Crippen LogP) is 7.94. The second kappa shape index (κ2) is 6.67. The molecule has 22 heavy (non-hydrogen) atoms. The Balaban J connectivity index is 2.38. The monoisotopic (exact) mass is 438 g/mol. The fourth-order valence-corrected chi connectivity index (χ4v) is 33.8. The Bertz CT molecular complexity index is 437. The molecule has 0 nitrogen and oxygen atoms in total. The van der Waals surface area contributed by atoms with Gasteiger partial charge in [-0.3, -0.25) is 0 Å². The maximum atomic E-state index is 13.1. The van der Waals surface area contributed by atoms with E-state index in [-0.39, 0.29) is 0 Å².